The first kappa shape index (κ1) is 63.3. The lowest BCUT2D eigenvalue weighted by Gasteiger charge is -2.59. The molecule has 0 amide bonds. The summed E-state index contributed by atoms with van der Waals surface area (Å²) in [7, 11) is 0. The van der Waals surface area contributed by atoms with Crippen LogP contribution in [0.3, 0.4) is 0 Å². The van der Waals surface area contributed by atoms with Crippen molar-refractivity contribution < 1.29 is 128 Å². The van der Waals surface area contributed by atoms with E-state index in [0.717, 1.165) is 51.6 Å². The molecule has 26 heteroatoms. The molecule has 0 aromatic carbocycles. The molecular weight excluding hydrogens is 1100 g/mol. The topological polar surface area (TPSA) is 394 Å². The third-order valence-electron chi connectivity index (χ3n) is 21.8. The van der Waals surface area contributed by atoms with E-state index in [9.17, 15) is 71.5 Å². The SMILES string of the molecule is CC1CCC2(OC1)OC1CC3C4CC=C5CC(OC6OC(CO)C(OC7OC(C)C(OC8OC(COC9OC(CO)C(O)C(O)C9O)C(O)C(O)C8O)C(O)C7O)C(O)C6OC6OC(C)C(O)C(O)C6O)CCC5(C)C4CCC3(C)C1C2C. The van der Waals surface area contributed by atoms with Crippen LogP contribution in [0.2, 0.25) is 0 Å². The molecule has 7 aliphatic heterocycles. The summed E-state index contributed by atoms with van der Waals surface area (Å²) < 4.78 is 73.5. The number of ether oxygens (including phenoxy) is 12. The largest absolute Gasteiger partial charge is 0.394 e. The Morgan fingerprint density at radius 2 is 1.12 bits per heavy atom. The van der Waals surface area contributed by atoms with Gasteiger partial charge in [-0.05, 0) is 106 Å². The van der Waals surface area contributed by atoms with Gasteiger partial charge in [-0.1, -0.05) is 39.3 Å². The van der Waals surface area contributed by atoms with Crippen molar-refractivity contribution in [2.24, 2.45) is 46.3 Å². The Hall–Kier alpha value is -1.30. The van der Waals surface area contributed by atoms with Crippen LogP contribution in [0, 0.1) is 46.3 Å². The highest BCUT2D eigenvalue weighted by Gasteiger charge is 2.69. The average molecular weight is 1190 g/mol. The molecule has 7 heterocycles. The molecule has 83 heavy (non-hydrogen) atoms. The van der Waals surface area contributed by atoms with E-state index in [2.05, 4.69) is 33.8 Å². The van der Waals surface area contributed by atoms with Gasteiger partial charge in [0.15, 0.2) is 37.2 Å². The fourth-order valence-electron chi connectivity index (χ4n) is 16.9. The predicted molar refractivity (Wildman–Crippen MR) is 278 cm³/mol. The number of allylic oxidation sites excluding steroid dienone is 1. The van der Waals surface area contributed by atoms with E-state index >= 15 is 0 Å². The van der Waals surface area contributed by atoms with Crippen LogP contribution >= 0.6 is 0 Å². The fourth-order valence-corrected chi connectivity index (χ4v) is 16.9. The zero-order valence-corrected chi connectivity index (χ0v) is 48.0. The van der Waals surface area contributed by atoms with Crippen molar-refractivity contribution in [1.29, 1.82) is 0 Å². The molecule has 0 aromatic rings. The van der Waals surface area contributed by atoms with Gasteiger partial charge in [0.1, 0.15) is 110 Å². The number of aliphatic hydroxyl groups is 14. The lowest BCUT2D eigenvalue weighted by molar-refractivity contribution is -0.395. The average Bonchev–Trinajstić information content (AvgIpc) is 2.01. The molecule has 36 unspecified atom stereocenters. The molecule has 7 saturated heterocycles. The molecule has 11 rings (SSSR count). The van der Waals surface area contributed by atoms with Crippen LogP contribution in [-0.4, -0.2) is 269 Å². The van der Waals surface area contributed by atoms with Gasteiger partial charge in [-0.15, -0.1) is 0 Å². The third kappa shape index (κ3) is 11.2. The molecule has 0 bridgehead atoms. The van der Waals surface area contributed by atoms with E-state index in [1.165, 1.54) is 19.4 Å². The minimum Gasteiger partial charge on any atom is -0.394 e. The number of rotatable bonds is 13. The van der Waals surface area contributed by atoms with Gasteiger partial charge in [0.05, 0.1) is 50.8 Å². The van der Waals surface area contributed by atoms with Crippen molar-refractivity contribution in [3.63, 3.8) is 0 Å². The highest BCUT2D eigenvalue weighted by Crippen LogP contribution is 2.71. The summed E-state index contributed by atoms with van der Waals surface area (Å²) >= 11 is 0. The summed E-state index contributed by atoms with van der Waals surface area (Å²) in [5.41, 5.74) is 1.33. The molecular formula is C57H92O26. The quantitative estimate of drug-likeness (QED) is 0.0812. The first-order chi connectivity index (χ1) is 39.3. The second-order valence-electron chi connectivity index (χ2n) is 26.7. The summed E-state index contributed by atoms with van der Waals surface area (Å²) in [5.74, 6) is 2.26. The standard InChI is InChI=1S/C57H92O26/c1-21-9-14-57(73-19-21)22(2)34-30(83-57)16-29-27-8-7-25-15-26(10-12-55(25,5)28(27)11-13-56(29,34)6)76-54-49(82-51-43(68)38(63)35(60)23(3)74-51)46(71)48(32(18-59)78-54)81-52-45(70)41(66)47(24(4)75-52)80-53-44(69)40(65)37(62)33(79-53)20-72-50-42(67)39(64)36(61)31(17-58)77-50/h7,21-24,26-54,58-71H,8-20H2,1-6H3. The van der Waals surface area contributed by atoms with Gasteiger partial charge in [-0.25, -0.2) is 0 Å². The summed E-state index contributed by atoms with van der Waals surface area (Å²) in [6, 6.07) is 0. The van der Waals surface area contributed by atoms with Gasteiger partial charge >= 0.3 is 0 Å². The fraction of sp³-hybridized carbons (Fsp3) is 0.965. The summed E-state index contributed by atoms with van der Waals surface area (Å²) in [4.78, 5) is 0. The Morgan fingerprint density at radius 3 is 1.80 bits per heavy atom. The summed E-state index contributed by atoms with van der Waals surface area (Å²) in [5, 5.41) is 152. The second kappa shape index (κ2) is 24.5. The van der Waals surface area contributed by atoms with Crippen LogP contribution in [0.4, 0.5) is 0 Å². The van der Waals surface area contributed by atoms with E-state index in [1.807, 2.05) is 0 Å². The van der Waals surface area contributed by atoms with Crippen LogP contribution in [0.1, 0.15) is 99.3 Å². The number of aliphatic hydroxyl groups excluding tert-OH is 14. The molecule has 26 nitrogen and oxygen atoms in total. The van der Waals surface area contributed by atoms with Crippen LogP contribution in [-0.2, 0) is 56.8 Å². The molecule has 1 spiro atoms. The van der Waals surface area contributed by atoms with Gasteiger partial charge in [0.2, 0.25) is 0 Å². The van der Waals surface area contributed by atoms with Crippen LogP contribution in [0.15, 0.2) is 11.6 Å². The van der Waals surface area contributed by atoms with Crippen molar-refractivity contribution in [3.05, 3.63) is 11.6 Å². The Bertz CT molecular complexity index is 2230. The first-order valence-corrected chi connectivity index (χ1v) is 30.2. The molecule has 14 N–H and O–H groups in total. The number of hydrogen-bond acceptors (Lipinski definition) is 26. The van der Waals surface area contributed by atoms with Gasteiger partial charge in [0.25, 0.3) is 0 Å². The number of fused-ring (bicyclic) bond motifs is 7. The lowest BCUT2D eigenvalue weighted by atomic mass is 9.47. The van der Waals surface area contributed by atoms with E-state index in [4.69, 9.17) is 56.8 Å². The zero-order chi connectivity index (χ0) is 59.5. The molecule has 0 aromatic heterocycles. The van der Waals surface area contributed by atoms with Crippen LogP contribution < -0.4 is 0 Å². The maximum atomic E-state index is 12.4. The minimum absolute atomic E-state index is 0.0994. The smallest absolute Gasteiger partial charge is 0.187 e. The van der Waals surface area contributed by atoms with Gasteiger partial charge in [-0.2, -0.15) is 0 Å². The van der Waals surface area contributed by atoms with Gasteiger partial charge < -0.3 is 128 Å². The second-order valence-corrected chi connectivity index (χ2v) is 26.7. The maximum Gasteiger partial charge on any atom is 0.187 e. The van der Waals surface area contributed by atoms with Crippen molar-refractivity contribution >= 4 is 0 Å². The van der Waals surface area contributed by atoms with Crippen LogP contribution in [0.5, 0.6) is 0 Å². The molecule has 10 fully saturated rings. The normalized spacial score (nSPS) is 57.3. The van der Waals surface area contributed by atoms with Crippen molar-refractivity contribution in [2.45, 2.75) is 271 Å². The van der Waals surface area contributed by atoms with Crippen molar-refractivity contribution in [3.8, 4) is 0 Å². The molecule has 0 radical (unpaired) electrons. The Balaban J connectivity index is 0.755. The van der Waals surface area contributed by atoms with Crippen molar-refractivity contribution in [1.82, 2.24) is 0 Å². The molecule has 3 saturated carbocycles. The summed E-state index contributed by atoms with van der Waals surface area (Å²) in [6.07, 6.45) is -31.0. The Labute approximate surface area is 482 Å². The highest BCUT2D eigenvalue weighted by molar-refractivity contribution is 5.26. The summed E-state index contributed by atoms with van der Waals surface area (Å²) in [6.45, 7) is 10.9. The van der Waals surface area contributed by atoms with E-state index in [-0.39, 0.29) is 16.9 Å². The van der Waals surface area contributed by atoms with Gasteiger partial charge in [0, 0.05) is 12.3 Å². The van der Waals surface area contributed by atoms with E-state index in [0.29, 0.717) is 48.3 Å². The monoisotopic (exact) mass is 1190 g/mol. The minimum atomic E-state index is -1.99. The highest BCUT2D eigenvalue weighted by atomic mass is 16.8. The third-order valence-corrected chi connectivity index (χ3v) is 21.8. The van der Waals surface area contributed by atoms with Crippen molar-refractivity contribution in [2.75, 3.05) is 26.4 Å². The van der Waals surface area contributed by atoms with Crippen LogP contribution in [0.25, 0.3) is 0 Å². The lowest BCUT2D eigenvalue weighted by Crippen LogP contribution is -2.67. The predicted octanol–water partition coefficient (Wildman–Crippen LogP) is -3.11. The molecule has 11 aliphatic rings. The van der Waals surface area contributed by atoms with E-state index < -0.39 is 185 Å². The zero-order valence-electron chi connectivity index (χ0n) is 48.0. The number of hydrogen-bond donors (Lipinski definition) is 14. The Kier molecular flexibility index (Phi) is 18.7. The molecule has 36 atom stereocenters. The Morgan fingerprint density at radius 1 is 0.530 bits per heavy atom. The first-order valence-electron chi connectivity index (χ1n) is 30.2. The van der Waals surface area contributed by atoms with E-state index in [1.54, 1.807) is 0 Å². The molecule has 476 valence electrons. The van der Waals surface area contributed by atoms with Gasteiger partial charge in [-0.3, -0.25) is 0 Å². The maximum absolute atomic E-state index is 12.4. The molecule has 4 aliphatic carbocycles.